The fourth-order valence-corrected chi connectivity index (χ4v) is 6.32. The van der Waals surface area contributed by atoms with E-state index >= 15 is 0 Å². The van der Waals surface area contributed by atoms with E-state index in [1.54, 1.807) is 40.8 Å². The Morgan fingerprint density at radius 1 is 1.46 bits per heavy atom. The maximum atomic E-state index is 12.5. The third-order valence-corrected chi connectivity index (χ3v) is 7.87. The Labute approximate surface area is 165 Å². The van der Waals surface area contributed by atoms with Crippen LogP contribution in [0.3, 0.4) is 0 Å². The van der Waals surface area contributed by atoms with Crippen molar-refractivity contribution in [2.75, 3.05) is 0 Å². The lowest BCUT2D eigenvalue weighted by Gasteiger charge is -2.18. The number of nitrogens with zero attached hydrogens (tertiary/aromatic N) is 2. The largest absolute Gasteiger partial charge is 0.350 e. The average Bonchev–Trinajstić information content (AvgIpc) is 3.26. The molecule has 2 atom stereocenters. The van der Waals surface area contributed by atoms with Gasteiger partial charge in [-0.05, 0) is 49.1 Å². The van der Waals surface area contributed by atoms with Crippen LogP contribution in [0.15, 0.2) is 28.9 Å². The molecule has 1 N–H and O–H groups in total. The van der Waals surface area contributed by atoms with Crippen molar-refractivity contribution in [3.8, 4) is 0 Å². The van der Waals surface area contributed by atoms with E-state index in [2.05, 4.69) is 22.2 Å². The summed E-state index contributed by atoms with van der Waals surface area (Å²) in [5.74, 6) is 0.787. The van der Waals surface area contributed by atoms with Gasteiger partial charge in [-0.1, -0.05) is 24.8 Å². The molecule has 1 aliphatic carbocycles. The van der Waals surface area contributed by atoms with Gasteiger partial charge in [0.2, 0.25) is 5.91 Å². The molecule has 0 aromatic carbocycles. The van der Waals surface area contributed by atoms with Crippen LogP contribution in [-0.2, 0) is 24.2 Å². The van der Waals surface area contributed by atoms with Crippen LogP contribution in [0.5, 0.6) is 0 Å². The number of aryl methyl sites for hydroxylation is 1. The number of nitrogens with one attached hydrogen (secondary N) is 1. The highest BCUT2D eigenvalue weighted by Gasteiger charge is 2.25. The van der Waals surface area contributed by atoms with Crippen molar-refractivity contribution < 1.29 is 4.79 Å². The second-order valence-corrected chi connectivity index (χ2v) is 10.2. The van der Waals surface area contributed by atoms with Crippen LogP contribution in [0, 0.1) is 5.92 Å². The Bertz CT molecular complexity index is 920. The number of carbonyl (C=O) groups excluding carboxylic acids is 1. The summed E-state index contributed by atoms with van der Waals surface area (Å²) >= 11 is 5.00. The van der Waals surface area contributed by atoms with Crippen LogP contribution in [0.2, 0.25) is 0 Å². The first-order valence-electron chi connectivity index (χ1n) is 8.84. The first kappa shape index (κ1) is 17.9. The lowest BCUT2D eigenvalue weighted by Crippen LogP contribution is -2.30. The van der Waals surface area contributed by atoms with Crippen LogP contribution in [0.4, 0.5) is 0 Å². The summed E-state index contributed by atoms with van der Waals surface area (Å²) in [4.78, 5) is 25.2. The predicted molar refractivity (Wildman–Crippen MR) is 110 cm³/mol. The summed E-state index contributed by atoms with van der Waals surface area (Å²) < 4.78 is 0. The zero-order valence-electron chi connectivity index (χ0n) is 14.8. The third-order valence-electron chi connectivity index (χ3n) is 4.73. The van der Waals surface area contributed by atoms with E-state index in [0.29, 0.717) is 6.54 Å². The van der Waals surface area contributed by atoms with E-state index < -0.39 is 0 Å². The first-order chi connectivity index (χ1) is 12.6. The zero-order valence-corrected chi connectivity index (χ0v) is 17.3. The number of hydrogen-bond donors (Lipinski definition) is 1. The minimum Gasteiger partial charge on any atom is -0.350 e. The summed E-state index contributed by atoms with van der Waals surface area (Å²) in [6, 6.07) is 4.04. The van der Waals surface area contributed by atoms with E-state index in [-0.39, 0.29) is 11.2 Å². The molecule has 4 rings (SSSR count). The minimum absolute atomic E-state index is 0.0490. The topological polar surface area (TPSA) is 54.9 Å². The molecule has 1 aliphatic rings. The highest BCUT2D eigenvalue weighted by molar-refractivity contribution is 8.00. The average molecular weight is 404 g/mol. The van der Waals surface area contributed by atoms with Crippen molar-refractivity contribution >= 4 is 50.6 Å². The van der Waals surface area contributed by atoms with Crippen molar-refractivity contribution in [2.24, 2.45) is 5.92 Å². The molecule has 0 bridgehead atoms. The molecule has 0 aliphatic heterocycles. The molecular formula is C19H21N3OS3. The molecule has 0 fully saturated rings. The fourth-order valence-electron chi connectivity index (χ4n) is 3.29. The molecule has 136 valence electrons. The number of hydrogen-bond acceptors (Lipinski definition) is 6. The van der Waals surface area contributed by atoms with E-state index in [0.717, 1.165) is 28.6 Å². The van der Waals surface area contributed by atoms with Crippen LogP contribution in [-0.4, -0.2) is 21.1 Å². The molecule has 3 heterocycles. The van der Waals surface area contributed by atoms with Crippen molar-refractivity contribution in [1.82, 2.24) is 15.3 Å². The van der Waals surface area contributed by atoms with E-state index in [4.69, 9.17) is 0 Å². The molecule has 1 amide bonds. The van der Waals surface area contributed by atoms with Gasteiger partial charge in [-0.15, -0.1) is 22.7 Å². The summed E-state index contributed by atoms with van der Waals surface area (Å²) in [5.41, 5.74) is 1.41. The van der Waals surface area contributed by atoms with E-state index in [1.807, 2.05) is 24.4 Å². The van der Waals surface area contributed by atoms with Crippen LogP contribution in [0.1, 0.15) is 35.6 Å². The van der Waals surface area contributed by atoms with Gasteiger partial charge in [0.25, 0.3) is 0 Å². The van der Waals surface area contributed by atoms with Gasteiger partial charge >= 0.3 is 0 Å². The second kappa shape index (κ2) is 7.66. The Morgan fingerprint density at radius 2 is 2.35 bits per heavy atom. The number of thioether (sulfide) groups is 1. The number of carbonyl (C=O) groups is 1. The number of thiophene rings is 2. The number of aromatic nitrogens is 2. The normalized spacial score (nSPS) is 17.8. The Hall–Kier alpha value is -1.44. The summed E-state index contributed by atoms with van der Waals surface area (Å²) in [5, 5.41) is 6.99. The van der Waals surface area contributed by atoms with Gasteiger partial charge in [-0.3, -0.25) is 4.79 Å². The van der Waals surface area contributed by atoms with Crippen LogP contribution < -0.4 is 5.32 Å². The second-order valence-electron chi connectivity index (χ2n) is 6.77. The number of amides is 1. The number of rotatable bonds is 5. The lowest BCUT2D eigenvalue weighted by molar-refractivity contribution is -0.120. The zero-order chi connectivity index (χ0) is 18.1. The highest BCUT2D eigenvalue weighted by atomic mass is 32.2. The molecule has 4 nitrogen and oxygen atoms in total. The van der Waals surface area contributed by atoms with Crippen molar-refractivity contribution in [3.63, 3.8) is 0 Å². The fraction of sp³-hybridized carbons (Fsp3) is 0.421. The van der Waals surface area contributed by atoms with Gasteiger partial charge in [-0.2, -0.15) is 0 Å². The van der Waals surface area contributed by atoms with Gasteiger partial charge in [0.15, 0.2) is 0 Å². The quantitative estimate of drug-likeness (QED) is 0.497. The molecule has 0 spiro atoms. The molecular weight excluding hydrogens is 382 g/mol. The Balaban J connectivity index is 1.52. The molecule has 0 saturated carbocycles. The van der Waals surface area contributed by atoms with Crippen molar-refractivity contribution in [1.29, 1.82) is 0 Å². The molecule has 3 aromatic heterocycles. The Morgan fingerprint density at radius 3 is 3.15 bits per heavy atom. The monoisotopic (exact) mass is 403 g/mol. The maximum Gasteiger partial charge on any atom is 0.233 e. The molecule has 3 aromatic rings. The SMILES string of the molecule is C[C@H]1CCc2c(sc3ncnc(S[C@H](C)C(=O)NCc4cccs4)c23)C1. The molecule has 7 heteroatoms. The highest BCUT2D eigenvalue weighted by Crippen LogP contribution is 2.41. The van der Waals surface area contributed by atoms with E-state index in [1.165, 1.54) is 27.1 Å². The predicted octanol–water partition coefficient (Wildman–Crippen LogP) is 4.67. The Kier molecular flexibility index (Phi) is 5.29. The smallest absolute Gasteiger partial charge is 0.233 e. The van der Waals surface area contributed by atoms with Crippen molar-refractivity contribution in [3.05, 3.63) is 39.2 Å². The maximum absolute atomic E-state index is 12.5. The van der Waals surface area contributed by atoms with Crippen LogP contribution in [0.25, 0.3) is 10.2 Å². The number of fused-ring (bicyclic) bond motifs is 3. The molecule has 26 heavy (non-hydrogen) atoms. The molecule has 0 unspecified atom stereocenters. The summed E-state index contributed by atoms with van der Waals surface area (Å²) in [6.45, 7) is 4.85. The molecule has 0 saturated heterocycles. The van der Waals surface area contributed by atoms with Gasteiger partial charge < -0.3 is 5.32 Å². The van der Waals surface area contributed by atoms with Gasteiger partial charge in [0.1, 0.15) is 16.2 Å². The third kappa shape index (κ3) is 3.66. The minimum atomic E-state index is -0.189. The first-order valence-corrected chi connectivity index (χ1v) is 11.4. The van der Waals surface area contributed by atoms with Crippen molar-refractivity contribution in [2.45, 2.75) is 49.9 Å². The summed E-state index contributed by atoms with van der Waals surface area (Å²) in [6.07, 6.45) is 5.08. The van der Waals surface area contributed by atoms with E-state index in [9.17, 15) is 4.79 Å². The van der Waals surface area contributed by atoms with Gasteiger partial charge in [0, 0.05) is 15.1 Å². The lowest BCUT2D eigenvalue weighted by atomic mass is 9.89. The standard InChI is InChI=1S/C19H21N3OS3/c1-11-5-6-14-15(8-11)26-19-16(14)18(21-10-22-19)25-12(2)17(23)20-9-13-4-3-7-24-13/h3-4,7,10-12H,5-6,8-9H2,1-2H3,(H,20,23)/t11-,12+/m0/s1. The van der Waals surface area contributed by atoms with Gasteiger partial charge in [-0.25, -0.2) is 9.97 Å². The molecule has 0 radical (unpaired) electrons. The summed E-state index contributed by atoms with van der Waals surface area (Å²) in [7, 11) is 0. The van der Waals surface area contributed by atoms with Gasteiger partial charge in [0.05, 0.1) is 11.8 Å². The van der Waals surface area contributed by atoms with Crippen LogP contribution >= 0.6 is 34.4 Å².